The van der Waals surface area contributed by atoms with Crippen molar-refractivity contribution >= 4 is 0 Å². The van der Waals surface area contributed by atoms with Gasteiger partial charge in [-0.25, -0.2) is 0 Å². The number of hydrogen-bond acceptors (Lipinski definition) is 3. The molecule has 0 amide bonds. The van der Waals surface area contributed by atoms with Crippen LogP contribution in [0.1, 0.15) is 31.0 Å². The lowest BCUT2D eigenvalue weighted by atomic mass is 10.1. The molecule has 3 nitrogen and oxygen atoms in total. The number of ether oxygens (including phenoxy) is 1. The van der Waals surface area contributed by atoms with Gasteiger partial charge in [-0.05, 0) is 5.92 Å². The summed E-state index contributed by atoms with van der Waals surface area (Å²) >= 11 is 0. The number of fused-ring (bicyclic) bond motifs is 1. The highest BCUT2D eigenvalue weighted by Crippen LogP contribution is 2.38. The summed E-state index contributed by atoms with van der Waals surface area (Å²) in [6, 6.07) is 0. The van der Waals surface area contributed by atoms with Crippen molar-refractivity contribution in [1.82, 2.24) is 4.98 Å². The Kier molecular flexibility index (Phi) is 1.87. The molecule has 2 heterocycles. The van der Waals surface area contributed by atoms with Crippen molar-refractivity contribution in [3.63, 3.8) is 0 Å². The third-order valence-electron chi connectivity index (χ3n) is 2.27. The average molecular weight is 179 g/mol. The van der Waals surface area contributed by atoms with Gasteiger partial charge in [0.1, 0.15) is 0 Å². The Morgan fingerprint density at radius 1 is 1.54 bits per heavy atom. The lowest BCUT2D eigenvalue weighted by Crippen LogP contribution is -1.95. The van der Waals surface area contributed by atoms with E-state index in [1.807, 2.05) is 13.8 Å². The van der Waals surface area contributed by atoms with Crippen molar-refractivity contribution in [2.24, 2.45) is 0 Å². The summed E-state index contributed by atoms with van der Waals surface area (Å²) in [7, 11) is 0. The minimum atomic E-state index is 0.227. The van der Waals surface area contributed by atoms with E-state index in [0.717, 1.165) is 17.7 Å². The molecule has 1 aromatic heterocycles. The molecular weight excluding hydrogens is 166 g/mol. The molecule has 0 aliphatic carbocycles. The first-order chi connectivity index (χ1) is 6.20. The number of pyridine rings is 1. The van der Waals surface area contributed by atoms with Gasteiger partial charge in [-0.2, -0.15) is 0 Å². The quantitative estimate of drug-likeness (QED) is 0.715. The normalized spacial score (nSPS) is 14.4. The van der Waals surface area contributed by atoms with Crippen LogP contribution in [0.15, 0.2) is 6.20 Å². The molecular formula is C10H13NO2. The summed E-state index contributed by atoms with van der Waals surface area (Å²) in [5, 5.41) is 9.79. The first-order valence-corrected chi connectivity index (χ1v) is 4.53. The van der Waals surface area contributed by atoms with Crippen LogP contribution in [0.5, 0.6) is 11.5 Å². The van der Waals surface area contributed by atoms with E-state index in [0.29, 0.717) is 12.4 Å². The third-order valence-corrected chi connectivity index (χ3v) is 2.27. The first-order valence-electron chi connectivity index (χ1n) is 4.53. The maximum absolute atomic E-state index is 9.79. The van der Waals surface area contributed by atoms with E-state index in [4.69, 9.17) is 4.74 Å². The zero-order chi connectivity index (χ0) is 9.42. The van der Waals surface area contributed by atoms with Gasteiger partial charge in [0.2, 0.25) is 0 Å². The molecule has 0 saturated heterocycles. The van der Waals surface area contributed by atoms with E-state index < -0.39 is 0 Å². The molecule has 0 atom stereocenters. The van der Waals surface area contributed by atoms with Crippen LogP contribution < -0.4 is 4.74 Å². The minimum absolute atomic E-state index is 0.227. The largest absolute Gasteiger partial charge is 0.503 e. The topological polar surface area (TPSA) is 42.4 Å². The summed E-state index contributed by atoms with van der Waals surface area (Å²) < 4.78 is 5.33. The molecule has 0 spiro atoms. The second kappa shape index (κ2) is 2.91. The standard InChI is InChI=1S/C10H13NO2/c1-6(2)8-9(12)10-7(5-11-8)3-4-13-10/h5-6,12H,3-4H2,1-2H3. The number of nitrogens with zero attached hydrogens (tertiary/aromatic N) is 1. The number of rotatable bonds is 1. The van der Waals surface area contributed by atoms with Crippen LogP contribution in [0.2, 0.25) is 0 Å². The smallest absolute Gasteiger partial charge is 0.180 e. The highest BCUT2D eigenvalue weighted by molar-refractivity contribution is 5.50. The minimum Gasteiger partial charge on any atom is -0.503 e. The van der Waals surface area contributed by atoms with Gasteiger partial charge < -0.3 is 9.84 Å². The highest BCUT2D eigenvalue weighted by Gasteiger charge is 2.21. The van der Waals surface area contributed by atoms with Gasteiger partial charge in [0.05, 0.1) is 12.3 Å². The molecule has 70 valence electrons. The molecule has 13 heavy (non-hydrogen) atoms. The molecule has 0 radical (unpaired) electrons. The molecule has 3 heteroatoms. The van der Waals surface area contributed by atoms with E-state index >= 15 is 0 Å². The van der Waals surface area contributed by atoms with Crippen LogP contribution in [0.4, 0.5) is 0 Å². The average Bonchev–Trinajstić information content (AvgIpc) is 2.52. The van der Waals surface area contributed by atoms with Gasteiger partial charge >= 0.3 is 0 Å². The molecule has 0 unspecified atom stereocenters. The Bertz CT molecular complexity index is 334. The third kappa shape index (κ3) is 1.24. The van der Waals surface area contributed by atoms with Crippen molar-refractivity contribution in [1.29, 1.82) is 0 Å². The van der Waals surface area contributed by atoms with Crippen LogP contribution in [0.3, 0.4) is 0 Å². The van der Waals surface area contributed by atoms with Crippen molar-refractivity contribution in [3.8, 4) is 11.5 Å². The van der Waals surface area contributed by atoms with E-state index in [9.17, 15) is 5.11 Å². The van der Waals surface area contributed by atoms with Crippen LogP contribution in [0, 0.1) is 0 Å². The predicted octanol–water partition coefficient (Wildman–Crippen LogP) is 1.85. The van der Waals surface area contributed by atoms with E-state index in [1.54, 1.807) is 6.20 Å². The first kappa shape index (κ1) is 8.35. The number of hydrogen-bond donors (Lipinski definition) is 1. The van der Waals surface area contributed by atoms with Crippen molar-refractivity contribution in [2.45, 2.75) is 26.2 Å². The predicted molar refractivity (Wildman–Crippen MR) is 49.2 cm³/mol. The van der Waals surface area contributed by atoms with Crippen molar-refractivity contribution in [3.05, 3.63) is 17.5 Å². The monoisotopic (exact) mass is 179 g/mol. The summed E-state index contributed by atoms with van der Waals surface area (Å²) in [5.41, 5.74) is 1.74. The lowest BCUT2D eigenvalue weighted by Gasteiger charge is -2.09. The molecule has 1 aliphatic heterocycles. The summed E-state index contributed by atoms with van der Waals surface area (Å²) in [4.78, 5) is 4.22. The van der Waals surface area contributed by atoms with Crippen molar-refractivity contribution in [2.75, 3.05) is 6.61 Å². The Labute approximate surface area is 77.4 Å². The summed E-state index contributed by atoms with van der Waals surface area (Å²) in [6.07, 6.45) is 2.66. The summed E-state index contributed by atoms with van der Waals surface area (Å²) in [6.45, 7) is 4.67. The van der Waals surface area contributed by atoms with Crippen LogP contribution in [-0.4, -0.2) is 16.7 Å². The van der Waals surface area contributed by atoms with Gasteiger partial charge in [-0.3, -0.25) is 4.98 Å². The zero-order valence-corrected chi connectivity index (χ0v) is 7.87. The van der Waals surface area contributed by atoms with Gasteiger partial charge in [-0.15, -0.1) is 0 Å². The Hall–Kier alpha value is -1.25. The molecule has 1 aliphatic rings. The maximum atomic E-state index is 9.79. The number of aromatic hydroxyl groups is 1. The second-order valence-corrected chi connectivity index (χ2v) is 3.60. The number of aromatic nitrogens is 1. The van der Waals surface area contributed by atoms with E-state index in [2.05, 4.69) is 4.98 Å². The Balaban J connectivity index is 2.52. The van der Waals surface area contributed by atoms with Crippen LogP contribution in [-0.2, 0) is 6.42 Å². The SMILES string of the molecule is CC(C)c1ncc2c(c1O)OCC2. The Morgan fingerprint density at radius 3 is 3.00 bits per heavy atom. The molecule has 0 bridgehead atoms. The van der Waals surface area contributed by atoms with Gasteiger partial charge in [-0.1, -0.05) is 13.8 Å². The zero-order valence-electron chi connectivity index (χ0n) is 7.87. The van der Waals surface area contributed by atoms with E-state index in [1.165, 1.54) is 0 Å². The lowest BCUT2D eigenvalue weighted by molar-refractivity contribution is 0.331. The molecule has 0 aromatic carbocycles. The molecule has 1 N–H and O–H groups in total. The molecule has 0 saturated carbocycles. The fourth-order valence-electron chi connectivity index (χ4n) is 1.56. The molecule has 2 rings (SSSR count). The fraction of sp³-hybridized carbons (Fsp3) is 0.500. The van der Waals surface area contributed by atoms with Crippen molar-refractivity contribution < 1.29 is 9.84 Å². The highest BCUT2D eigenvalue weighted by atomic mass is 16.5. The van der Waals surface area contributed by atoms with Gasteiger partial charge in [0.25, 0.3) is 0 Å². The van der Waals surface area contributed by atoms with Crippen LogP contribution >= 0.6 is 0 Å². The molecule has 0 fully saturated rings. The van der Waals surface area contributed by atoms with Gasteiger partial charge in [0, 0.05) is 18.2 Å². The van der Waals surface area contributed by atoms with E-state index in [-0.39, 0.29) is 11.7 Å². The van der Waals surface area contributed by atoms with Crippen LogP contribution in [0.25, 0.3) is 0 Å². The summed E-state index contributed by atoms with van der Waals surface area (Å²) in [5.74, 6) is 1.10. The Morgan fingerprint density at radius 2 is 2.31 bits per heavy atom. The fourth-order valence-corrected chi connectivity index (χ4v) is 1.56. The van der Waals surface area contributed by atoms with Gasteiger partial charge in [0.15, 0.2) is 11.5 Å². The molecule has 1 aromatic rings. The maximum Gasteiger partial charge on any atom is 0.180 e. The second-order valence-electron chi connectivity index (χ2n) is 3.60.